The number of unbranched alkanes of at least 4 members (excludes halogenated alkanes) is 1. The molecule has 1 amide bonds. The Morgan fingerprint density at radius 3 is 2.68 bits per heavy atom. The Kier molecular flexibility index (Phi) is 6.31. The van der Waals surface area contributed by atoms with Crippen LogP contribution in [0.3, 0.4) is 0 Å². The maximum atomic E-state index is 12.4. The van der Waals surface area contributed by atoms with Gasteiger partial charge in [0.2, 0.25) is 0 Å². The van der Waals surface area contributed by atoms with Crippen LogP contribution in [0.15, 0.2) is 42.5 Å². The van der Waals surface area contributed by atoms with Gasteiger partial charge in [0, 0.05) is 12.2 Å². The van der Waals surface area contributed by atoms with Crippen molar-refractivity contribution in [2.45, 2.75) is 33.2 Å². The first-order valence-corrected chi connectivity index (χ1v) is 9.56. The molecular formula is C21H22ClN3O3. The minimum Gasteiger partial charge on any atom is -0.452 e. The number of halogens is 1. The van der Waals surface area contributed by atoms with Crippen LogP contribution in [0.4, 0.5) is 5.69 Å². The number of esters is 1. The average molecular weight is 400 g/mol. The molecule has 0 aliphatic carbocycles. The number of anilines is 1. The molecule has 146 valence electrons. The zero-order valence-electron chi connectivity index (χ0n) is 15.9. The fraction of sp³-hybridized carbons (Fsp3) is 0.286. The molecule has 1 heterocycles. The molecule has 28 heavy (non-hydrogen) atoms. The molecule has 1 N–H and O–H groups in total. The quantitative estimate of drug-likeness (QED) is 0.589. The van der Waals surface area contributed by atoms with Gasteiger partial charge in [0.1, 0.15) is 10.7 Å². The molecule has 0 radical (unpaired) electrons. The first-order chi connectivity index (χ1) is 13.5. The molecule has 0 bridgehead atoms. The number of benzene rings is 2. The van der Waals surface area contributed by atoms with Crippen LogP contribution in [-0.2, 0) is 16.1 Å². The molecule has 0 saturated heterocycles. The lowest BCUT2D eigenvalue weighted by atomic mass is 10.1. The van der Waals surface area contributed by atoms with Crippen LogP contribution >= 0.6 is 11.6 Å². The summed E-state index contributed by atoms with van der Waals surface area (Å²) >= 11 is 6.26. The molecular weight excluding hydrogens is 378 g/mol. The van der Waals surface area contributed by atoms with Gasteiger partial charge >= 0.3 is 5.97 Å². The molecule has 0 aliphatic heterocycles. The number of hydrogen-bond donors (Lipinski definition) is 1. The van der Waals surface area contributed by atoms with Crippen LogP contribution in [-0.4, -0.2) is 28.3 Å². The van der Waals surface area contributed by atoms with Gasteiger partial charge in [-0.1, -0.05) is 55.3 Å². The summed E-state index contributed by atoms with van der Waals surface area (Å²) in [5.74, 6) is -1.07. The highest BCUT2D eigenvalue weighted by atomic mass is 35.5. The zero-order chi connectivity index (χ0) is 20.1. The third kappa shape index (κ3) is 4.51. The highest BCUT2D eigenvalue weighted by Gasteiger charge is 2.22. The summed E-state index contributed by atoms with van der Waals surface area (Å²) in [6.45, 7) is 3.99. The molecule has 0 atom stereocenters. The number of rotatable bonds is 7. The van der Waals surface area contributed by atoms with Gasteiger partial charge in [-0.15, -0.1) is 0 Å². The Balaban J connectivity index is 1.61. The number of nitrogens with zero attached hydrogens (tertiary/aromatic N) is 2. The number of aryl methyl sites for hydroxylation is 2. The van der Waals surface area contributed by atoms with E-state index in [1.807, 2.05) is 36.4 Å². The normalized spacial score (nSPS) is 10.8. The van der Waals surface area contributed by atoms with Gasteiger partial charge in [-0.2, -0.15) is 5.10 Å². The van der Waals surface area contributed by atoms with Crippen LogP contribution < -0.4 is 5.32 Å². The van der Waals surface area contributed by atoms with Crippen LogP contribution in [0.2, 0.25) is 5.15 Å². The van der Waals surface area contributed by atoms with E-state index in [9.17, 15) is 9.59 Å². The SMILES string of the molecule is CCCCn1nc(C)c(C(=O)OCC(=O)Nc2ccc3ccccc3c2)c1Cl. The van der Waals surface area contributed by atoms with E-state index in [0.29, 0.717) is 17.9 Å². The number of carbonyl (C=O) groups is 2. The first-order valence-electron chi connectivity index (χ1n) is 9.18. The summed E-state index contributed by atoms with van der Waals surface area (Å²) in [6, 6.07) is 13.4. The second-order valence-corrected chi connectivity index (χ2v) is 6.87. The van der Waals surface area contributed by atoms with E-state index < -0.39 is 18.5 Å². The van der Waals surface area contributed by atoms with Gasteiger partial charge in [-0.3, -0.25) is 9.48 Å². The van der Waals surface area contributed by atoms with Gasteiger partial charge < -0.3 is 10.1 Å². The lowest BCUT2D eigenvalue weighted by molar-refractivity contribution is -0.119. The number of amides is 1. The van der Waals surface area contributed by atoms with Gasteiger partial charge in [-0.25, -0.2) is 4.79 Å². The molecule has 0 fully saturated rings. The van der Waals surface area contributed by atoms with Crippen LogP contribution in [0, 0.1) is 6.92 Å². The fourth-order valence-corrected chi connectivity index (χ4v) is 3.24. The Labute approximate surface area is 168 Å². The third-order valence-corrected chi connectivity index (χ3v) is 4.74. The highest BCUT2D eigenvalue weighted by molar-refractivity contribution is 6.32. The van der Waals surface area contributed by atoms with E-state index in [2.05, 4.69) is 17.3 Å². The Hall–Kier alpha value is -2.86. The summed E-state index contributed by atoms with van der Waals surface area (Å²) in [5.41, 5.74) is 1.33. The van der Waals surface area contributed by atoms with Gasteiger partial charge in [-0.05, 0) is 36.2 Å². The number of hydrogen-bond acceptors (Lipinski definition) is 4. The van der Waals surface area contributed by atoms with E-state index in [1.165, 1.54) is 0 Å². The predicted molar refractivity (Wildman–Crippen MR) is 110 cm³/mol. The van der Waals surface area contributed by atoms with Gasteiger partial charge in [0.25, 0.3) is 5.91 Å². The monoisotopic (exact) mass is 399 g/mol. The lowest BCUT2D eigenvalue weighted by Crippen LogP contribution is -2.21. The average Bonchev–Trinajstić information content (AvgIpc) is 2.97. The fourth-order valence-electron chi connectivity index (χ4n) is 2.91. The summed E-state index contributed by atoms with van der Waals surface area (Å²) in [6.07, 6.45) is 1.90. The first kappa shape index (κ1) is 19.9. The minimum absolute atomic E-state index is 0.205. The summed E-state index contributed by atoms with van der Waals surface area (Å²) in [4.78, 5) is 24.5. The Morgan fingerprint density at radius 1 is 1.18 bits per heavy atom. The molecule has 6 nitrogen and oxygen atoms in total. The molecule has 3 aromatic rings. The smallest absolute Gasteiger partial charge is 0.343 e. The largest absolute Gasteiger partial charge is 0.452 e. The third-order valence-electron chi connectivity index (χ3n) is 4.36. The second-order valence-electron chi connectivity index (χ2n) is 6.51. The summed E-state index contributed by atoms with van der Waals surface area (Å²) in [5, 5.41) is 9.34. The number of aromatic nitrogens is 2. The van der Waals surface area contributed by atoms with E-state index >= 15 is 0 Å². The molecule has 0 unspecified atom stereocenters. The minimum atomic E-state index is -0.654. The van der Waals surface area contributed by atoms with E-state index in [4.69, 9.17) is 16.3 Å². The predicted octanol–water partition coefficient (Wildman–Crippen LogP) is 4.59. The van der Waals surface area contributed by atoms with Crippen molar-refractivity contribution in [1.82, 2.24) is 9.78 Å². The van der Waals surface area contributed by atoms with E-state index in [0.717, 1.165) is 23.6 Å². The van der Waals surface area contributed by atoms with Crippen molar-refractivity contribution in [1.29, 1.82) is 0 Å². The summed E-state index contributed by atoms with van der Waals surface area (Å²) < 4.78 is 6.73. The number of carbonyl (C=O) groups excluding carboxylic acids is 2. The zero-order valence-corrected chi connectivity index (χ0v) is 16.6. The van der Waals surface area contributed by atoms with Crippen molar-refractivity contribution >= 4 is 39.9 Å². The van der Waals surface area contributed by atoms with Crippen molar-refractivity contribution in [2.75, 3.05) is 11.9 Å². The number of ether oxygens (including phenoxy) is 1. The van der Waals surface area contributed by atoms with E-state index in [1.54, 1.807) is 17.7 Å². The standard InChI is InChI=1S/C21H22ClN3O3/c1-3-4-11-25-20(22)19(14(2)24-25)21(27)28-13-18(26)23-17-10-9-15-7-5-6-8-16(15)12-17/h5-10,12H,3-4,11,13H2,1-2H3,(H,23,26). The van der Waals surface area contributed by atoms with Crippen molar-refractivity contribution in [2.24, 2.45) is 0 Å². The maximum Gasteiger partial charge on any atom is 0.343 e. The number of nitrogens with one attached hydrogen (secondary N) is 1. The molecule has 1 aromatic heterocycles. The lowest BCUT2D eigenvalue weighted by Gasteiger charge is -2.08. The van der Waals surface area contributed by atoms with Crippen LogP contribution in [0.5, 0.6) is 0 Å². The van der Waals surface area contributed by atoms with Gasteiger partial charge in [0.05, 0.1) is 5.69 Å². The molecule has 7 heteroatoms. The topological polar surface area (TPSA) is 73.2 Å². The maximum absolute atomic E-state index is 12.4. The highest BCUT2D eigenvalue weighted by Crippen LogP contribution is 2.22. The van der Waals surface area contributed by atoms with Crippen molar-refractivity contribution < 1.29 is 14.3 Å². The van der Waals surface area contributed by atoms with E-state index in [-0.39, 0.29) is 10.7 Å². The molecule has 3 rings (SSSR count). The Bertz CT molecular complexity index is 1010. The molecule has 0 aliphatic rings. The van der Waals surface area contributed by atoms with Gasteiger partial charge in [0.15, 0.2) is 6.61 Å². The van der Waals surface area contributed by atoms with Crippen LogP contribution in [0.1, 0.15) is 35.8 Å². The summed E-state index contributed by atoms with van der Waals surface area (Å²) in [7, 11) is 0. The van der Waals surface area contributed by atoms with Crippen molar-refractivity contribution in [3.63, 3.8) is 0 Å². The number of fused-ring (bicyclic) bond motifs is 1. The van der Waals surface area contributed by atoms with Crippen molar-refractivity contribution in [3.8, 4) is 0 Å². The van der Waals surface area contributed by atoms with Crippen LogP contribution in [0.25, 0.3) is 10.8 Å². The van der Waals surface area contributed by atoms with Crippen molar-refractivity contribution in [3.05, 3.63) is 58.9 Å². The molecule has 2 aromatic carbocycles. The Morgan fingerprint density at radius 2 is 1.93 bits per heavy atom. The second kappa shape index (κ2) is 8.89. The molecule has 0 spiro atoms. The molecule has 0 saturated carbocycles.